The average Bonchev–Trinajstić information content (AvgIpc) is 2.71. The number of carbonyl (C=O) groups is 1. The summed E-state index contributed by atoms with van der Waals surface area (Å²) in [7, 11) is 1.18. The number of non-ortho nitro benzene ring substituents is 1. The first-order valence-electron chi connectivity index (χ1n) is 4.63. The molecule has 1 N–H and O–H groups in total. The lowest BCUT2D eigenvalue weighted by atomic mass is 10.2. The summed E-state index contributed by atoms with van der Waals surface area (Å²) in [5, 5.41) is 11.1. The molecular formula is C10H8N2O5. The third-order valence-corrected chi connectivity index (χ3v) is 2.20. The lowest BCUT2D eigenvalue weighted by molar-refractivity contribution is -0.384. The molecule has 2 rings (SSSR count). The number of nitrogens with zero attached hydrogens (tertiary/aromatic N) is 1. The Morgan fingerprint density at radius 3 is 2.88 bits per heavy atom. The number of hydrogen-bond acceptors (Lipinski definition) is 5. The lowest BCUT2D eigenvalue weighted by Gasteiger charge is -1.99. The molecule has 1 aromatic carbocycles. The standard InChI is InChI=1S/C10H8N2O5/c1-16-10(13)17-9-5-11-8-3-2-6(12(14)15)4-7(8)9/h2-5,11H,1H3. The van der Waals surface area contributed by atoms with Crippen LogP contribution in [0.1, 0.15) is 0 Å². The van der Waals surface area contributed by atoms with Gasteiger partial charge in [0.05, 0.1) is 12.0 Å². The number of benzene rings is 1. The maximum atomic E-state index is 10.9. The van der Waals surface area contributed by atoms with Gasteiger partial charge in [0, 0.05) is 29.2 Å². The number of carbonyl (C=O) groups excluding carboxylic acids is 1. The molecule has 0 spiro atoms. The molecule has 17 heavy (non-hydrogen) atoms. The van der Waals surface area contributed by atoms with Crippen LogP contribution in [0, 0.1) is 10.1 Å². The molecule has 7 heteroatoms. The molecule has 0 saturated carbocycles. The van der Waals surface area contributed by atoms with Crippen molar-refractivity contribution in [2.45, 2.75) is 0 Å². The van der Waals surface area contributed by atoms with Crippen LogP contribution >= 0.6 is 0 Å². The van der Waals surface area contributed by atoms with Gasteiger partial charge in [0.2, 0.25) is 0 Å². The fourth-order valence-corrected chi connectivity index (χ4v) is 1.41. The zero-order valence-corrected chi connectivity index (χ0v) is 8.80. The van der Waals surface area contributed by atoms with Crippen LogP contribution in [0.25, 0.3) is 10.9 Å². The minimum Gasteiger partial charge on any atom is -0.437 e. The number of methoxy groups -OCH3 is 1. The second-order valence-electron chi connectivity index (χ2n) is 3.20. The van der Waals surface area contributed by atoms with E-state index in [-0.39, 0.29) is 11.4 Å². The summed E-state index contributed by atoms with van der Waals surface area (Å²) in [6.07, 6.45) is 0.558. The Morgan fingerprint density at radius 1 is 1.47 bits per heavy atom. The second-order valence-corrected chi connectivity index (χ2v) is 3.20. The molecule has 0 atom stereocenters. The summed E-state index contributed by atoms with van der Waals surface area (Å²) < 4.78 is 9.18. The highest BCUT2D eigenvalue weighted by Gasteiger charge is 2.13. The van der Waals surface area contributed by atoms with E-state index in [1.54, 1.807) is 0 Å². The number of hydrogen-bond donors (Lipinski definition) is 1. The van der Waals surface area contributed by atoms with E-state index < -0.39 is 11.1 Å². The lowest BCUT2D eigenvalue weighted by Crippen LogP contribution is -2.06. The number of ether oxygens (including phenoxy) is 2. The zero-order chi connectivity index (χ0) is 12.4. The molecule has 0 unspecified atom stereocenters. The Hall–Kier alpha value is -2.57. The topological polar surface area (TPSA) is 94.5 Å². The van der Waals surface area contributed by atoms with Gasteiger partial charge in [-0.05, 0) is 6.07 Å². The van der Waals surface area contributed by atoms with Gasteiger partial charge in [-0.2, -0.15) is 0 Å². The summed E-state index contributed by atoms with van der Waals surface area (Å²) >= 11 is 0. The molecule has 0 aliphatic heterocycles. The average molecular weight is 236 g/mol. The normalized spacial score (nSPS) is 10.2. The molecule has 0 fully saturated rings. The van der Waals surface area contributed by atoms with E-state index in [1.807, 2.05) is 0 Å². The van der Waals surface area contributed by atoms with E-state index in [0.29, 0.717) is 10.9 Å². The zero-order valence-electron chi connectivity index (χ0n) is 8.80. The third-order valence-electron chi connectivity index (χ3n) is 2.20. The summed E-state index contributed by atoms with van der Waals surface area (Å²) in [6.45, 7) is 0. The number of nitrogens with one attached hydrogen (secondary N) is 1. The van der Waals surface area contributed by atoms with Gasteiger partial charge in [-0.1, -0.05) is 0 Å². The van der Waals surface area contributed by atoms with Crippen molar-refractivity contribution in [2.75, 3.05) is 7.11 Å². The van der Waals surface area contributed by atoms with Crippen molar-refractivity contribution in [1.29, 1.82) is 0 Å². The van der Waals surface area contributed by atoms with E-state index in [1.165, 1.54) is 31.5 Å². The van der Waals surface area contributed by atoms with Gasteiger partial charge >= 0.3 is 6.16 Å². The molecule has 0 bridgehead atoms. The Labute approximate surface area is 95.1 Å². The van der Waals surface area contributed by atoms with E-state index in [4.69, 9.17) is 4.74 Å². The van der Waals surface area contributed by atoms with Crippen molar-refractivity contribution >= 4 is 22.7 Å². The fourth-order valence-electron chi connectivity index (χ4n) is 1.41. The SMILES string of the molecule is COC(=O)Oc1c[nH]c2ccc([N+](=O)[O-])cc12. The Balaban J connectivity index is 2.46. The molecule has 0 aliphatic carbocycles. The van der Waals surface area contributed by atoms with Crippen LogP contribution in [0.5, 0.6) is 5.75 Å². The van der Waals surface area contributed by atoms with E-state index in [9.17, 15) is 14.9 Å². The molecule has 88 valence electrons. The van der Waals surface area contributed by atoms with Gasteiger partial charge in [-0.15, -0.1) is 0 Å². The number of fused-ring (bicyclic) bond motifs is 1. The molecule has 7 nitrogen and oxygen atoms in total. The van der Waals surface area contributed by atoms with Gasteiger partial charge in [0.15, 0.2) is 5.75 Å². The molecule has 0 aliphatic rings. The van der Waals surface area contributed by atoms with Crippen molar-refractivity contribution in [3.05, 3.63) is 34.5 Å². The van der Waals surface area contributed by atoms with E-state index in [2.05, 4.69) is 9.72 Å². The number of nitro benzene ring substituents is 1. The summed E-state index contributed by atoms with van der Waals surface area (Å²) in [4.78, 5) is 23.9. The van der Waals surface area contributed by atoms with Crippen molar-refractivity contribution in [3.8, 4) is 5.75 Å². The van der Waals surface area contributed by atoms with Crippen LogP contribution in [0.3, 0.4) is 0 Å². The highest BCUT2D eigenvalue weighted by Crippen LogP contribution is 2.29. The first kappa shape index (κ1) is 10.9. The summed E-state index contributed by atoms with van der Waals surface area (Å²) in [5.74, 6) is 0.190. The summed E-state index contributed by atoms with van der Waals surface area (Å²) in [5.41, 5.74) is 0.557. The van der Waals surface area contributed by atoms with Gasteiger partial charge in [-0.25, -0.2) is 4.79 Å². The smallest absolute Gasteiger partial charge is 0.437 e. The molecule has 0 saturated heterocycles. The van der Waals surface area contributed by atoms with Crippen LogP contribution in [0.2, 0.25) is 0 Å². The van der Waals surface area contributed by atoms with Crippen molar-refractivity contribution in [2.24, 2.45) is 0 Å². The number of aromatic nitrogens is 1. The predicted octanol–water partition coefficient (Wildman–Crippen LogP) is 2.22. The Morgan fingerprint density at radius 2 is 2.24 bits per heavy atom. The summed E-state index contributed by atoms with van der Waals surface area (Å²) in [6, 6.07) is 4.22. The first-order valence-corrected chi connectivity index (χ1v) is 4.63. The molecule has 1 aromatic heterocycles. The van der Waals surface area contributed by atoms with Crippen LogP contribution in [0.15, 0.2) is 24.4 Å². The monoisotopic (exact) mass is 236 g/mol. The molecule has 0 amide bonds. The van der Waals surface area contributed by atoms with Crippen LogP contribution in [-0.4, -0.2) is 23.2 Å². The largest absolute Gasteiger partial charge is 0.513 e. The van der Waals surface area contributed by atoms with Crippen LogP contribution in [-0.2, 0) is 4.74 Å². The van der Waals surface area contributed by atoms with Gasteiger partial charge < -0.3 is 14.5 Å². The minimum absolute atomic E-state index is 0.0770. The van der Waals surface area contributed by atoms with Crippen molar-refractivity contribution in [1.82, 2.24) is 4.98 Å². The van der Waals surface area contributed by atoms with Crippen LogP contribution in [0.4, 0.5) is 10.5 Å². The fraction of sp³-hybridized carbons (Fsp3) is 0.100. The van der Waals surface area contributed by atoms with E-state index >= 15 is 0 Å². The Bertz CT molecular complexity index is 589. The second kappa shape index (κ2) is 4.12. The number of rotatable bonds is 2. The first-order chi connectivity index (χ1) is 8.11. The molecule has 1 heterocycles. The van der Waals surface area contributed by atoms with Gasteiger partial charge in [0.25, 0.3) is 5.69 Å². The highest BCUT2D eigenvalue weighted by atomic mass is 16.7. The highest BCUT2D eigenvalue weighted by molar-refractivity contribution is 5.89. The van der Waals surface area contributed by atoms with E-state index in [0.717, 1.165) is 0 Å². The van der Waals surface area contributed by atoms with Crippen molar-refractivity contribution < 1.29 is 19.2 Å². The minimum atomic E-state index is -0.877. The van der Waals surface area contributed by atoms with Gasteiger partial charge in [-0.3, -0.25) is 10.1 Å². The molecular weight excluding hydrogens is 228 g/mol. The quantitative estimate of drug-likeness (QED) is 0.490. The number of nitro groups is 1. The third kappa shape index (κ3) is 2.03. The number of aromatic amines is 1. The van der Waals surface area contributed by atoms with Crippen LogP contribution < -0.4 is 4.74 Å². The maximum Gasteiger partial charge on any atom is 0.513 e. The molecule has 2 aromatic rings. The Kier molecular flexibility index (Phi) is 2.65. The maximum absolute atomic E-state index is 10.9. The molecule has 0 radical (unpaired) electrons. The van der Waals surface area contributed by atoms with Crippen molar-refractivity contribution in [3.63, 3.8) is 0 Å². The van der Waals surface area contributed by atoms with Gasteiger partial charge in [0.1, 0.15) is 0 Å². The predicted molar refractivity (Wildman–Crippen MR) is 58.0 cm³/mol. The number of H-pyrrole nitrogens is 1.